The summed E-state index contributed by atoms with van der Waals surface area (Å²) in [6, 6.07) is 12.1. The first-order valence-electron chi connectivity index (χ1n) is 8.57. The quantitative estimate of drug-likeness (QED) is 0.844. The van der Waals surface area contributed by atoms with E-state index >= 15 is 0 Å². The second kappa shape index (κ2) is 7.58. The molecule has 1 atom stereocenters. The Hall–Kier alpha value is -2.58. The molecule has 0 bridgehead atoms. The van der Waals surface area contributed by atoms with Gasteiger partial charge in [0.2, 0.25) is 0 Å². The largest absolute Gasteiger partial charge is 0.488 e. The van der Waals surface area contributed by atoms with Gasteiger partial charge < -0.3 is 13.8 Å². The van der Waals surface area contributed by atoms with Crippen molar-refractivity contribution in [3.05, 3.63) is 59.2 Å². The number of nitrogens with two attached hydrogens (primary N) is 1. The minimum Gasteiger partial charge on any atom is -0.488 e. The normalized spacial score (nSPS) is 17.0. The third-order valence-electron chi connectivity index (χ3n) is 4.38. The lowest BCUT2D eigenvalue weighted by Gasteiger charge is -2.19. The molecule has 7 nitrogen and oxygen atoms in total. The summed E-state index contributed by atoms with van der Waals surface area (Å²) in [6.45, 7) is 4.95. The maximum Gasteiger partial charge on any atom is 0.380 e. The molecule has 0 spiro atoms. The van der Waals surface area contributed by atoms with Crippen molar-refractivity contribution in [3.8, 4) is 11.5 Å². The molecule has 0 saturated carbocycles. The predicted octanol–water partition coefficient (Wildman–Crippen LogP) is 2.18. The summed E-state index contributed by atoms with van der Waals surface area (Å²) in [4.78, 5) is 14.6. The van der Waals surface area contributed by atoms with Crippen LogP contribution in [0.5, 0.6) is 11.5 Å². The third kappa shape index (κ3) is 4.99. The molecule has 1 saturated heterocycles. The van der Waals surface area contributed by atoms with E-state index in [9.17, 15) is 13.2 Å². The lowest BCUT2D eigenvalue weighted by atomic mass is 10.0. The molecule has 1 aliphatic rings. The molecule has 0 aliphatic carbocycles. The summed E-state index contributed by atoms with van der Waals surface area (Å²) in [6.07, 6.45) is 0.514. The zero-order chi connectivity index (χ0) is 19.6. The molecule has 1 fully saturated rings. The zero-order valence-corrected chi connectivity index (χ0v) is 16.0. The fraction of sp³-hybridized carbons (Fsp3) is 0.316. The molecular formula is C19H22N2O5S. The van der Waals surface area contributed by atoms with Crippen LogP contribution in [0.3, 0.4) is 0 Å². The Morgan fingerprint density at radius 2 is 1.89 bits per heavy atom. The number of hydrogen-bond acceptors (Lipinski definition) is 5. The molecule has 1 heterocycles. The van der Waals surface area contributed by atoms with Gasteiger partial charge in [0, 0.05) is 24.6 Å². The Kier molecular flexibility index (Phi) is 5.38. The summed E-state index contributed by atoms with van der Waals surface area (Å²) in [5.41, 5.74) is 2.70. The Balaban J connectivity index is 1.65. The first-order valence-corrected chi connectivity index (χ1v) is 10.0. The van der Waals surface area contributed by atoms with E-state index in [1.165, 1.54) is 12.1 Å². The van der Waals surface area contributed by atoms with E-state index in [1.807, 2.05) is 32.0 Å². The first-order chi connectivity index (χ1) is 12.7. The van der Waals surface area contributed by atoms with E-state index in [0.29, 0.717) is 30.8 Å². The fourth-order valence-electron chi connectivity index (χ4n) is 3.07. The van der Waals surface area contributed by atoms with Gasteiger partial charge in [-0.05, 0) is 37.6 Å². The van der Waals surface area contributed by atoms with Crippen LogP contribution in [-0.4, -0.2) is 38.4 Å². The van der Waals surface area contributed by atoms with Gasteiger partial charge in [0.1, 0.15) is 17.6 Å². The van der Waals surface area contributed by atoms with Gasteiger partial charge in [-0.3, -0.25) is 4.79 Å². The third-order valence-corrected chi connectivity index (χ3v) is 4.80. The Labute approximate surface area is 158 Å². The summed E-state index contributed by atoms with van der Waals surface area (Å²) in [5, 5.41) is 4.88. The molecule has 2 aromatic rings. The standard InChI is InChI=1S/C19H22N2O5S/c1-13-6-7-14(2)18(10-13)19(22)21-9-8-17(12-21)25-15-4-3-5-16(11-15)26-27(20,23)24/h3-7,10-11,17H,8-9,12H2,1-2H3,(H2,20,23,24)/t17-/m0/s1. The topological polar surface area (TPSA) is 98.9 Å². The van der Waals surface area contributed by atoms with Gasteiger partial charge in [0.25, 0.3) is 5.91 Å². The van der Waals surface area contributed by atoms with Crippen molar-refractivity contribution in [2.24, 2.45) is 5.14 Å². The number of rotatable bonds is 5. The van der Waals surface area contributed by atoms with Gasteiger partial charge in [-0.25, -0.2) is 0 Å². The number of amides is 1. The summed E-state index contributed by atoms with van der Waals surface area (Å²) in [7, 11) is -4.09. The van der Waals surface area contributed by atoms with Crippen LogP contribution in [0, 0.1) is 13.8 Å². The molecule has 8 heteroatoms. The fourth-order valence-corrected chi connectivity index (χ4v) is 3.44. The van der Waals surface area contributed by atoms with Crippen molar-refractivity contribution < 1.29 is 22.1 Å². The molecule has 2 N–H and O–H groups in total. The highest BCUT2D eigenvalue weighted by Gasteiger charge is 2.29. The lowest BCUT2D eigenvalue weighted by Crippen LogP contribution is -2.31. The maximum absolute atomic E-state index is 12.8. The minimum absolute atomic E-state index is 0.00592. The summed E-state index contributed by atoms with van der Waals surface area (Å²) in [5.74, 6) is 0.534. The SMILES string of the molecule is Cc1ccc(C)c(C(=O)N2CC[C@H](Oc3cccc(OS(N)(=O)=O)c3)C2)c1. The molecule has 1 amide bonds. The average Bonchev–Trinajstić information content (AvgIpc) is 3.03. The van der Waals surface area contributed by atoms with Crippen molar-refractivity contribution in [2.45, 2.75) is 26.4 Å². The number of carbonyl (C=O) groups excluding carboxylic acids is 1. The molecule has 2 aromatic carbocycles. The highest BCUT2D eigenvalue weighted by atomic mass is 32.2. The molecule has 27 heavy (non-hydrogen) atoms. The molecule has 1 aliphatic heterocycles. The number of carbonyl (C=O) groups is 1. The van der Waals surface area contributed by atoms with Crippen LogP contribution in [-0.2, 0) is 10.3 Å². The van der Waals surface area contributed by atoms with E-state index in [-0.39, 0.29) is 17.8 Å². The van der Waals surface area contributed by atoms with Crippen molar-refractivity contribution in [1.82, 2.24) is 4.90 Å². The average molecular weight is 390 g/mol. The van der Waals surface area contributed by atoms with Crippen molar-refractivity contribution in [1.29, 1.82) is 0 Å². The second-order valence-corrected chi connectivity index (χ2v) is 7.80. The van der Waals surface area contributed by atoms with Gasteiger partial charge in [-0.2, -0.15) is 13.6 Å². The maximum atomic E-state index is 12.8. The Morgan fingerprint density at radius 3 is 2.63 bits per heavy atom. The molecule has 144 valence electrons. The van der Waals surface area contributed by atoms with Crippen molar-refractivity contribution in [2.75, 3.05) is 13.1 Å². The van der Waals surface area contributed by atoms with Crippen molar-refractivity contribution in [3.63, 3.8) is 0 Å². The predicted molar refractivity (Wildman–Crippen MR) is 101 cm³/mol. The molecule has 0 aromatic heterocycles. The van der Waals surface area contributed by atoms with Gasteiger partial charge in [0.05, 0.1) is 6.54 Å². The van der Waals surface area contributed by atoms with Gasteiger partial charge in [0.15, 0.2) is 0 Å². The number of ether oxygens (including phenoxy) is 1. The minimum atomic E-state index is -4.09. The highest BCUT2D eigenvalue weighted by molar-refractivity contribution is 7.84. The molecular weight excluding hydrogens is 368 g/mol. The van der Waals surface area contributed by atoms with Gasteiger partial charge >= 0.3 is 10.3 Å². The van der Waals surface area contributed by atoms with E-state index < -0.39 is 10.3 Å². The van der Waals surface area contributed by atoms with Crippen LogP contribution in [0.1, 0.15) is 27.9 Å². The van der Waals surface area contributed by atoms with Crippen LogP contribution >= 0.6 is 0 Å². The number of nitrogens with zero attached hydrogens (tertiary/aromatic N) is 1. The first kappa shape index (κ1) is 19.2. The van der Waals surface area contributed by atoms with Crippen LogP contribution in [0.2, 0.25) is 0 Å². The van der Waals surface area contributed by atoms with Crippen LogP contribution in [0.15, 0.2) is 42.5 Å². The van der Waals surface area contributed by atoms with Crippen LogP contribution < -0.4 is 14.1 Å². The molecule has 3 rings (SSSR count). The van der Waals surface area contributed by atoms with Crippen LogP contribution in [0.25, 0.3) is 0 Å². The van der Waals surface area contributed by atoms with E-state index in [4.69, 9.17) is 9.88 Å². The molecule has 0 unspecified atom stereocenters. The zero-order valence-electron chi connectivity index (χ0n) is 15.2. The van der Waals surface area contributed by atoms with E-state index in [1.54, 1.807) is 17.0 Å². The lowest BCUT2D eigenvalue weighted by molar-refractivity contribution is 0.0771. The summed E-state index contributed by atoms with van der Waals surface area (Å²) < 4.78 is 32.6. The highest BCUT2D eigenvalue weighted by Crippen LogP contribution is 2.25. The Bertz CT molecular complexity index is 958. The van der Waals surface area contributed by atoms with Gasteiger partial charge in [-0.15, -0.1) is 0 Å². The smallest absolute Gasteiger partial charge is 0.380 e. The molecule has 0 radical (unpaired) electrons. The number of hydrogen-bond donors (Lipinski definition) is 1. The van der Waals surface area contributed by atoms with Crippen LogP contribution in [0.4, 0.5) is 0 Å². The van der Waals surface area contributed by atoms with E-state index in [0.717, 1.165) is 11.1 Å². The van der Waals surface area contributed by atoms with Crippen molar-refractivity contribution >= 4 is 16.2 Å². The number of aryl methyl sites for hydroxylation is 2. The van der Waals surface area contributed by atoms with E-state index in [2.05, 4.69) is 4.18 Å². The monoisotopic (exact) mass is 390 g/mol. The Morgan fingerprint density at radius 1 is 1.15 bits per heavy atom. The number of likely N-dealkylation sites (tertiary alicyclic amines) is 1. The summed E-state index contributed by atoms with van der Waals surface area (Å²) >= 11 is 0. The number of benzene rings is 2. The second-order valence-electron chi connectivity index (χ2n) is 6.65. The van der Waals surface area contributed by atoms with Gasteiger partial charge in [-0.1, -0.05) is 23.8 Å².